The Bertz CT molecular complexity index is 1030. The Hall–Kier alpha value is -3.06. The molecule has 0 N–H and O–H groups in total. The first-order valence-corrected chi connectivity index (χ1v) is 8.38. The van der Waals surface area contributed by atoms with Gasteiger partial charge in [-0.1, -0.05) is 18.2 Å². The lowest BCUT2D eigenvalue weighted by Gasteiger charge is -2.05. The summed E-state index contributed by atoms with van der Waals surface area (Å²) in [5.74, 6) is -0.849. The van der Waals surface area contributed by atoms with Crippen molar-refractivity contribution in [1.82, 2.24) is 14.6 Å². The number of fused-ring (bicyclic) bond motifs is 1. The number of hydrogen-bond acceptors (Lipinski definition) is 5. The van der Waals surface area contributed by atoms with Gasteiger partial charge in [-0.2, -0.15) is 5.10 Å². The molecule has 0 fully saturated rings. The molecule has 3 aromatic heterocycles. The molecule has 0 amide bonds. The van der Waals surface area contributed by atoms with Gasteiger partial charge in [0, 0.05) is 6.20 Å². The van der Waals surface area contributed by atoms with Crippen LogP contribution in [-0.4, -0.2) is 20.6 Å². The van der Waals surface area contributed by atoms with Gasteiger partial charge in [0.25, 0.3) is 0 Å². The Kier molecular flexibility index (Phi) is 3.99. The number of carbonyl (C=O) groups excluding carboxylic acids is 1. The number of benzene rings is 1. The third kappa shape index (κ3) is 3.01. The lowest BCUT2D eigenvalue weighted by Crippen LogP contribution is -2.06. The van der Waals surface area contributed by atoms with Crippen LogP contribution in [0.5, 0.6) is 0 Å². The van der Waals surface area contributed by atoms with Crippen molar-refractivity contribution in [2.24, 2.45) is 0 Å². The summed E-state index contributed by atoms with van der Waals surface area (Å²) in [7, 11) is 0. The SMILES string of the molecule is O=C(OCc1ccc(F)cc1)c1cnn2c(-c3cccs3)ccnc12. The van der Waals surface area contributed by atoms with E-state index in [1.165, 1.54) is 18.3 Å². The summed E-state index contributed by atoms with van der Waals surface area (Å²) < 4.78 is 19.8. The second-order valence-corrected chi connectivity index (χ2v) is 6.25. The maximum absolute atomic E-state index is 12.9. The molecule has 0 aliphatic carbocycles. The van der Waals surface area contributed by atoms with Gasteiger partial charge in [0.15, 0.2) is 5.65 Å². The van der Waals surface area contributed by atoms with E-state index in [1.807, 2.05) is 23.6 Å². The molecule has 3 heterocycles. The van der Waals surface area contributed by atoms with Gasteiger partial charge in [0.2, 0.25) is 0 Å². The molecule has 25 heavy (non-hydrogen) atoms. The van der Waals surface area contributed by atoms with Crippen LogP contribution in [-0.2, 0) is 11.3 Å². The topological polar surface area (TPSA) is 56.5 Å². The number of esters is 1. The number of rotatable bonds is 4. The first kappa shape index (κ1) is 15.5. The molecule has 0 bridgehead atoms. The van der Waals surface area contributed by atoms with E-state index in [2.05, 4.69) is 10.1 Å². The maximum atomic E-state index is 12.9. The van der Waals surface area contributed by atoms with Gasteiger partial charge in [-0.3, -0.25) is 0 Å². The van der Waals surface area contributed by atoms with E-state index in [1.54, 1.807) is 34.2 Å². The normalized spacial score (nSPS) is 10.9. The Labute approximate surface area is 146 Å². The summed E-state index contributed by atoms with van der Waals surface area (Å²) in [5.41, 5.74) is 2.30. The number of nitrogens with zero attached hydrogens (tertiary/aromatic N) is 3. The second kappa shape index (κ2) is 6.45. The summed E-state index contributed by atoms with van der Waals surface area (Å²) in [6.07, 6.45) is 3.09. The first-order valence-electron chi connectivity index (χ1n) is 7.50. The van der Waals surface area contributed by atoms with Gasteiger partial charge >= 0.3 is 5.97 Å². The Morgan fingerprint density at radius 3 is 2.80 bits per heavy atom. The number of thiophene rings is 1. The van der Waals surface area contributed by atoms with Crippen LogP contribution in [0.15, 0.2) is 60.2 Å². The van der Waals surface area contributed by atoms with Gasteiger partial charge < -0.3 is 4.74 Å². The maximum Gasteiger partial charge on any atom is 0.343 e. The Morgan fingerprint density at radius 2 is 2.04 bits per heavy atom. The van der Waals surface area contributed by atoms with Crippen LogP contribution in [0.3, 0.4) is 0 Å². The molecule has 4 rings (SSSR count). The monoisotopic (exact) mass is 353 g/mol. The van der Waals surface area contributed by atoms with Crippen molar-refractivity contribution in [2.75, 3.05) is 0 Å². The molecule has 7 heteroatoms. The molecule has 4 aromatic rings. The van der Waals surface area contributed by atoms with Crippen LogP contribution in [0.1, 0.15) is 15.9 Å². The fourth-order valence-corrected chi connectivity index (χ4v) is 3.19. The van der Waals surface area contributed by atoms with E-state index in [0.717, 1.165) is 10.6 Å². The molecule has 0 saturated carbocycles. The molecule has 0 saturated heterocycles. The van der Waals surface area contributed by atoms with Crippen LogP contribution in [0.2, 0.25) is 0 Å². The van der Waals surface area contributed by atoms with E-state index >= 15 is 0 Å². The summed E-state index contributed by atoms with van der Waals surface area (Å²) in [6.45, 7) is 0.0566. The van der Waals surface area contributed by atoms with Crippen LogP contribution in [0.4, 0.5) is 4.39 Å². The minimum Gasteiger partial charge on any atom is -0.457 e. The highest BCUT2D eigenvalue weighted by Gasteiger charge is 2.17. The van der Waals surface area contributed by atoms with Gasteiger partial charge in [0.1, 0.15) is 18.0 Å². The molecule has 0 spiro atoms. The molecule has 124 valence electrons. The number of hydrogen-bond donors (Lipinski definition) is 0. The van der Waals surface area contributed by atoms with Crippen molar-refractivity contribution in [3.05, 3.63) is 77.2 Å². The molecule has 0 aliphatic rings. The zero-order valence-corrected chi connectivity index (χ0v) is 13.7. The van der Waals surface area contributed by atoms with E-state index in [4.69, 9.17) is 4.74 Å². The van der Waals surface area contributed by atoms with Crippen LogP contribution in [0, 0.1) is 5.82 Å². The van der Waals surface area contributed by atoms with Crippen molar-refractivity contribution >= 4 is 23.0 Å². The molecule has 0 radical (unpaired) electrons. The summed E-state index contributed by atoms with van der Waals surface area (Å²) in [6, 6.07) is 11.6. The standard InChI is InChI=1S/C18H12FN3O2S/c19-13-5-3-12(4-6-13)11-24-18(23)14-10-21-22-15(7-8-20-17(14)22)16-2-1-9-25-16/h1-10H,11H2. The predicted octanol–water partition coefficient (Wildman–Crippen LogP) is 3.95. The Morgan fingerprint density at radius 1 is 1.20 bits per heavy atom. The largest absolute Gasteiger partial charge is 0.457 e. The van der Waals surface area contributed by atoms with Crippen molar-refractivity contribution in [1.29, 1.82) is 0 Å². The summed E-state index contributed by atoms with van der Waals surface area (Å²) in [5, 5.41) is 6.25. The third-order valence-corrected chi connectivity index (χ3v) is 4.57. The third-order valence-electron chi connectivity index (χ3n) is 3.68. The summed E-state index contributed by atoms with van der Waals surface area (Å²) >= 11 is 1.58. The van der Waals surface area contributed by atoms with Gasteiger partial charge in [-0.25, -0.2) is 18.7 Å². The molecule has 0 unspecified atom stereocenters. The van der Waals surface area contributed by atoms with Gasteiger partial charge in [0.05, 0.1) is 16.8 Å². The van der Waals surface area contributed by atoms with Crippen molar-refractivity contribution in [3.8, 4) is 10.6 Å². The lowest BCUT2D eigenvalue weighted by molar-refractivity contribution is 0.0474. The highest BCUT2D eigenvalue weighted by molar-refractivity contribution is 7.13. The van der Waals surface area contributed by atoms with E-state index in [0.29, 0.717) is 16.8 Å². The zero-order chi connectivity index (χ0) is 17.2. The van der Waals surface area contributed by atoms with Crippen molar-refractivity contribution in [3.63, 3.8) is 0 Å². The number of carbonyl (C=O) groups is 1. The van der Waals surface area contributed by atoms with Crippen LogP contribution in [0.25, 0.3) is 16.2 Å². The minimum atomic E-state index is -0.518. The van der Waals surface area contributed by atoms with Gasteiger partial charge in [-0.15, -0.1) is 11.3 Å². The fourth-order valence-electron chi connectivity index (χ4n) is 2.45. The number of aromatic nitrogens is 3. The highest BCUT2D eigenvalue weighted by atomic mass is 32.1. The Balaban J connectivity index is 1.60. The molecule has 0 aliphatic heterocycles. The highest BCUT2D eigenvalue weighted by Crippen LogP contribution is 2.25. The second-order valence-electron chi connectivity index (χ2n) is 5.30. The quantitative estimate of drug-likeness (QED) is 0.521. The minimum absolute atomic E-state index is 0.0566. The first-order chi connectivity index (χ1) is 12.2. The number of ether oxygens (including phenoxy) is 1. The average molecular weight is 353 g/mol. The van der Waals surface area contributed by atoms with Gasteiger partial charge in [-0.05, 0) is 35.2 Å². The van der Waals surface area contributed by atoms with Crippen LogP contribution >= 0.6 is 11.3 Å². The molecule has 0 atom stereocenters. The summed E-state index contributed by atoms with van der Waals surface area (Å²) in [4.78, 5) is 17.7. The number of halogens is 1. The smallest absolute Gasteiger partial charge is 0.343 e. The molecular weight excluding hydrogens is 341 g/mol. The average Bonchev–Trinajstić information content (AvgIpc) is 3.30. The predicted molar refractivity (Wildman–Crippen MR) is 91.8 cm³/mol. The van der Waals surface area contributed by atoms with E-state index in [9.17, 15) is 9.18 Å². The van der Waals surface area contributed by atoms with E-state index in [-0.39, 0.29) is 12.4 Å². The van der Waals surface area contributed by atoms with E-state index < -0.39 is 5.97 Å². The zero-order valence-electron chi connectivity index (χ0n) is 12.9. The fraction of sp³-hybridized carbons (Fsp3) is 0.0556. The lowest BCUT2D eigenvalue weighted by atomic mass is 10.2. The van der Waals surface area contributed by atoms with Crippen LogP contribution < -0.4 is 0 Å². The van der Waals surface area contributed by atoms with Crippen molar-refractivity contribution < 1.29 is 13.9 Å². The molecule has 5 nitrogen and oxygen atoms in total. The van der Waals surface area contributed by atoms with Crippen molar-refractivity contribution in [2.45, 2.75) is 6.61 Å². The molecule has 1 aromatic carbocycles. The molecular formula is C18H12FN3O2S.